The molecule has 0 saturated carbocycles. The highest BCUT2D eigenvalue weighted by Gasteiger charge is 2.32. The maximum absolute atomic E-state index is 12.6. The number of carbonyl (C=O) groups excluding carboxylic acids is 1. The number of nitrogens with zero attached hydrogens (tertiary/aromatic N) is 2. The average molecular weight is 297 g/mol. The summed E-state index contributed by atoms with van der Waals surface area (Å²) < 4.78 is 26.4. The second-order valence-corrected chi connectivity index (χ2v) is 6.86. The van der Waals surface area contributed by atoms with Gasteiger partial charge in [-0.15, -0.1) is 0 Å². The van der Waals surface area contributed by atoms with Gasteiger partial charge in [0.1, 0.15) is 0 Å². The van der Waals surface area contributed by atoms with Crippen LogP contribution in [0.2, 0.25) is 0 Å². The monoisotopic (exact) mass is 297 g/mol. The highest BCUT2D eigenvalue weighted by molar-refractivity contribution is 7.89. The molecule has 1 heterocycles. The number of piperazine rings is 1. The lowest BCUT2D eigenvalue weighted by atomic mass is 10.1. The Morgan fingerprint density at radius 1 is 1.30 bits per heavy atom. The Bertz CT molecular complexity index is 628. The van der Waals surface area contributed by atoms with E-state index in [4.69, 9.17) is 5.73 Å². The zero-order valence-corrected chi connectivity index (χ0v) is 12.5. The lowest BCUT2D eigenvalue weighted by Gasteiger charge is -2.31. The van der Waals surface area contributed by atoms with E-state index >= 15 is 0 Å². The van der Waals surface area contributed by atoms with Crippen molar-refractivity contribution in [2.24, 2.45) is 5.73 Å². The summed E-state index contributed by atoms with van der Waals surface area (Å²) >= 11 is 0. The van der Waals surface area contributed by atoms with Gasteiger partial charge in [0.15, 0.2) is 0 Å². The zero-order valence-electron chi connectivity index (χ0n) is 11.7. The van der Waals surface area contributed by atoms with Gasteiger partial charge >= 0.3 is 0 Å². The molecule has 2 rings (SSSR count). The number of likely N-dealkylation sites (N-methyl/N-ethyl adjacent to an activating group) is 1. The van der Waals surface area contributed by atoms with Crippen LogP contribution in [0.3, 0.4) is 0 Å². The van der Waals surface area contributed by atoms with Gasteiger partial charge in [0, 0.05) is 26.7 Å². The summed E-state index contributed by atoms with van der Waals surface area (Å²) in [6.07, 6.45) is 0. The van der Waals surface area contributed by atoms with Gasteiger partial charge in [0.25, 0.3) is 0 Å². The number of benzene rings is 1. The fourth-order valence-electron chi connectivity index (χ4n) is 2.21. The first kappa shape index (κ1) is 15.0. The van der Waals surface area contributed by atoms with Crippen LogP contribution >= 0.6 is 0 Å². The average Bonchev–Trinajstić information content (AvgIpc) is 2.41. The van der Waals surface area contributed by atoms with Gasteiger partial charge < -0.3 is 10.6 Å². The van der Waals surface area contributed by atoms with Gasteiger partial charge in [-0.25, -0.2) is 8.42 Å². The molecule has 0 unspecified atom stereocenters. The minimum Gasteiger partial charge on any atom is -0.343 e. The summed E-state index contributed by atoms with van der Waals surface area (Å²) in [5.74, 6) is -0.184. The first-order valence-electron chi connectivity index (χ1n) is 6.40. The molecule has 0 bridgehead atoms. The third kappa shape index (κ3) is 2.70. The zero-order chi connectivity index (χ0) is 14.9. The predicted molar refractivity (Wildman–Crippen MR) is 75.5 cm³/mol. The lowest BCUT2D eigenvalue weighted by Crippen LogP contribution is -2.50. The van der Waals surface area contributed by atoms with Crippen molar-refractivity contribution in [1.82, 2.24) is 9.21 Å². The van der Waals surface area contributed by atoms with E-state index in [0.717, 1.165) is 5.56 Å². The molecule has 0 aliphatic carbocycles. The van der Waals surface area contributed by atoms with Crippen molar-refractivity contribution in [2.75, 3.05) is 26.7 Å². The molecule has 1 aliphatic rings. The molecule has 20 heavy (non-hydrogen) atoms. The van der Waals surface area contributed by atoms with E-state index in [-0.39, 0.29) is 17.3 Å². The summed E-state index contributed by atoms with van der Waals surface area (Å²) in [6.45, 7) is 2.75. The molecule has 0 radical (unpaired) electrons. The number of carbonyl (C=O) groups is 1. The Kier molecular flexibility index (Phi) is 4.12. The summed E-state index contributed by atoms with van der Waals surface area (Å²) in [7, 11) is -1.95. The molecule has 110 valence electrons. The van der Waals surface area contributed by atoms with Crippen LogP contribution in [0, 0.1) is 6.92 Å². The molecule has 1 amide bonds. The Morgan fingerprint density at radius 3 is 2.55 bits per heavy atom. The molecule has 1 fully saturated rings. The molecule has 7 heteroatoms. The molecular weight excluding hydrogens is 278 g/mol. The fraction of sp³-hybridized carbons (Fsp3) is 0.462. The molecular formula is C13H19N3O3S. The molecule has 2 N–H and O–H groups in total. The van der Waals surface area contributed by atoms with E-state index in [2.05, 4.69) is 0 Å². The number of hydrogen-bond acceptors (Lipinski definition) is 4. The molecule has 6 nitrogen and oxygen atoms in total. The second kappa shape index (κ2) is 5.51. The van der Waals surface area contributed by atoms with Crippen LogP contribution in [0.5, 0.6) is 0 Å². The van der Waals surface area contributed by atoms with Gasteiger partial charge in [-0.05, 0) is 24.1 Å². The van der Waals surface area contributed by atoms with Crippen LogP contribution in [-0.2, 0) is 21.4 Å². The van der Waals surface area contributed by atoms with Crippen LogP contribution in [-0.4, -0.2) is 50.2 Å². The van der Waals surface area contributed by atoms with Gasteiger partial charge in [-0.3, -0.25) is 4.79 Å². The third-order valence-corrected chi connectivity index (χ3v) is 5.52. The minimum absolute atomic E-state index is 0.100. The fourth-order valence-corrected chi connectivity index (χ4v) is 3.80. The van der Waals surface area contributed by atoms with Crippen LogP contribution in [0.1, 0.15) is 11.1 Å². The van der Waals surface area contributed by atoms with Crippen LogP contribution in [0.15, 0.2) is 23.1 Å². The highest BCUT2D eigenvalue weighted by Crippen LogP contribution is 2.22. The number of nitrogens with two attached hydrogens (primary N) is 1. The summed E-state index contributed by atoms with van der Waals surface area (Å²) in [5, 5.41) is 0. The number of amides is 1. The van der Waals surface area contributed by atoms with E-state index in [9.17, 15) is 13.2 Å². The normalized spacial score (nSPS) is 17.6. The molecule has 0 spiro atoms. The Labute approximate surface area is 119 Å². The Morgan fingerprint density at radius 2 is 2.00 bits per heavy atom. The summed E-state index contributed by atoms with van der Waals surface area (Å²) in [4.78, 5) is 13.5. The highest BCUT2D eigenvalue weighted by atomic mass is 32.2. The predicted octanol–water partition coefficient (Wildman–Crippen LogP) is -0.0836. The smallest absolute Gasteiger partial charge is 0.243 e. The van der Waals surface area contributed by atoms with Crippen molar-refractivity contribution in [3.8, 4) is 0 Å². The number of aryl methyl sites for hydroxylation is 1. The van der Waals surface area contributed by atoms with E-state index in [1.807, 2.05) is 0 Å². The lowest BCUT2D eigenvalue weighted by molar-refractivity contribution is -0.132. The summed E-state index contributed by atoms with van der Waals surface area (Å²) in [5.41, 5.74) is 7.08. The van der Waals surface area contributed by atoms with Crippen molar-refractivity contribution >= 4 is 15.9 Å². The third-order valence-electron chi connectivity index (χ3n) is 3.52. The molecule has 1 aromatic carbocycles. The van der Waals surface area contributed by atoms with Gasteiger partial charge in [0.2, 0.25) is 15.9 Å². The van der Waals surface area contributed by atoms with E-state index in [1.165, 1.54) is 9.21 Å². The molecule has 1 saturated heterocycles. The Hall–Kier alpha value is -1.44. The molecule has 1 aromatic rings. The first-order valence-corrected chi connectivity index (χ1v) is 7.84. The van der Waals surface area contributed by atoms with Gasteiger partial charge in [-0.2, -0.15) is 4.31 Å². The number of sulfonamides is 1. The van der Waals surface area contributed by atoms with Crippen molar-refractivity contribution in [3.63, 3.8) is 0 Å². The Balaban J connectivity index is 2.33. The van der Waals surface area contributed by atoms with E-state index in [0.29, 0.717) is 25.2 Å². The standard InChI is InChI=1S/C13H19N3O3S/c1-10-7-11(8-14)3-4-12(10)20(18,19)16-6-5-15(2)13(17)9-16/h3-4,7H,5-6,8-9,14H2,1-2H3. The van der Waals surface area contributed by atoms with Crippen molar-refractivity contribution < 1.29 is 13.2 Å². The molecule has 0 atom stereocenters. The van der Waals surface area contributed by atoms with Gasteiger partial charge in [0.05, 0.1) is 11.4 Å². The topological polar surface area (TPSA) is 83.7 Å². The van der Waals surface area contributed by atoms with Crippen molar-refractivity contribution in [3.05, 3.63) is 29.3 Å². The largest absolute Gasteiger partial charge is 0.343 e. The van der Waals surface area contributed by atoms with Crippen LogP contribution in [0.25, 0.3) is 0 Å². The quantitative estimate of drug-likeness (QED) is 0.845. The SMILES string of the molecule is Cc1cc(CN)ccc1S(=O)(=O)N1CCN(C)C(=O)C1. The maximum Gasteiger partial charge on any atom is 0.243 e. The maximum atomic E-state index is 12.6. The first-order chi connectivity index (χ1) is 9.36. The van der Waals surface area contributed by atoms with Crippen LogP contribution in [0.4, 0.5) is 0 Å². The summed E-state index contributed by atoms with van der Waals surface area (Å²) in [6, 6.07) is 5.04. The second-order valence-electron chi connectivity index (χ2n) is 4.96. The number of rotatable bonds is 3. The van der Waals surface area contributed by atoms with E-state index < -0.39 is 10.0 Å². The number of hydrogen-bond donors (Lipinski definition) is 1. The van der Waals surface area contributed by atoms with Gasteiger partial charge in [-0.1, -0.05) is 12.1 Å². The van der Waals surface area contributed by atoms with Crippen molar-refractivity contribution in [1.29, 1.82) is 0 Å². The van der Waals surface area contributed by atoms with E-state index in [1.54, 1.807) is 32.2 Å². The van der Waals surface area contributed by atoms with Crippen LogP contribution < -0.4 is 5.73 Å². The molecule has 0 aromatic heterocycles. The van der Waals surface area contributed by atoms with Crippen molar-refractivity contribution in [2.45, 2.75) is 18.4 Å². The molecule has 1 aliphatic heterocycles. The minimum atomic E-state index is -3.63.